The molecule has 3 unspecified atom stereocenters. The fraction of sp³-hybridized carbons (Fsp3) is 0.471. The molecule has 23 heavy (non-hydrogen) atoms. The van der Waals surface area contributed by atoms with Crippen molar-refractivity contribution in [1.29, 1.82) is 5.26 Å². The van der Waals surface area contributed by atoms with E-state index in [1.54, 1.807) is 36.1 Å². The Morgan fingerprint density at radius 1 is 1.43 bits per heavy atom. The molecule has 6 nitrogen and oxygen atoms in total. The van der Waals surface area contributed by atoms with E-state index in [0.29, 0.717) is 30.8 Å². The highest BCUT2D eigenvalue weighted by atomic mass is 16.5. The molecule has 6 heteroatoms. The molecule has 0 saturated carbocycles. The quantitative estimate of drug-likeness (QED) is 0.916. The van der Waals surface area contributed by atoms with Crippen molar-refractivity contribution in [2.24, 2.45) is 11.8 Å². The minimum atomic E-state index is -0.808. The van der Waals surface area contributed by atoms with Gasteiger partial charge in [0.2, 0.25) is 0 Å². The fourth-order valence-corrected chi connectivity index (χ4v) is 2.87. The predicted molar refractivity (Wildman–Crippen MR) is 82.7 cm³/mol. The number of para-hydroxylation sites is 1. The Labute approximate surface area is 135 Å². The van der Waals surface area contributed by atoms with E-state index in [1.165, 1.54) is 0 Å². The van der Waals surface area contributed by atoms with Crippen LogP contribution in [0, 0.1) is 23.2 Å². The van der Waals surface area contributed by atoms with Gasteiger partial charge in [-0.1, -0.05) is 19.1 Å². The molecule has 3 atom stereocenters. The van der Waals surface area contributed by atoms with Crippen molar-refractivity contribution in [3.8, 4) is 11.8 Å². The lowest BCUT2D eigenvalue weighted by atomic mass is 9.87. The van der Waals surface area contributed by atoms with Crippen LogP contribution in [0.2, 0.25) is 0 Å². The van der Waals surface area contributed by atoms with Crippen molar-refractivity contribution in [2.75, 3.05) is 13.1 Å². The van der Waals surface area contributed by atoms with Gasteiger partial charge in [0.1, 0.15) is 11.8 Å². The van der Waals surface area contributed by atoms with Gasteiger partial charge >= 0.3 is 5.97 Å². The maximum Gasteiger partial charge on any atom is 0.306 e. The number of hydrogen-bond acceptors (Lipinski definition) is 4. The summed E-state index contributed by atoms with van der Waals surface area (Å²) in [4.78, 5) is 25.3. The van der Waals surface area contributed by atoms with E-state index in [0.717, 1.165) is 0 Å². The number of carbonyl (C=O) groups excluding carboxylic acids is 1. The standard InChI is InChI=1S/C17H20N2O4/c1-11-10-19(8-7-14(11)17(21)22)16(20)12(2)23-15-6-4-3-5-13(15)9-18/h3-6,11-12,14H,7-8,10H2,1-2H3,(H,21,22). The fourth-order valence-electron chi connectivity index (χ4n) is 2.87. The molecule has 0 radical (unpaired) electrons. The van der Waals surface area contributed by atoms with Crippen LogP contribution in [0.3, 0.4) is 0 Å². The van der Waals surface area contributed by atoms with Crippen molar-refractivity contribution in [1.82, 2.24) is 4.90 Å². The third-order valence-corrected chi connectivity index (χ3v) is 4.19. The summed E-state index contributed by atoms with van der Waals surface area (Å²) >= 11 is 0. The number of carboxylic acids is 1. The lowest BCUT2D eigenvalue weighted by Crippen LogP contribution is -2.49. The van der Waals surface area contributed by atoms with Crippen LogP contribution in [-0.4, -0.2) is 41.1 Å². The first-order chi connectivity index (χ1) is 10.9. The Morgan fingerprint density at radius 3 is 2.74 bits per heavy atom. The van der Waals surface area contributed by atoms with Crippen molar-refractivity contribution < 1.29 is 19.4 Å². The number of carboxylic acid groups (broad SMARTS) is 1. The van der Waals surface area contributed by atoms with Gasteiger partial charge in [-0.2, -0.15) is 5.26 Å². The van der Waals surface area contributed by atoms with Gasteiger partial charge < -0.3 is 14.7 Å². The van der Waals surface area contributed by atoms with E-state index in [-0.39, 0.29) is 11.8 Å². The van der Waals surface area contributed by atoms with Gasteiger partial charge in [-0.25, -0.2) is 0 Å². The Morgan fingerprint density at radius 2 is 2.13 bits per heavy atom. The average molecular weight is 316 g/mol. The van der Waals surface area contributed by atoms with Crippen molar-refractivity contribution in [3.63, 3.8) is 0 Å². The van der Waals surface area contributed by atoms with Gasteiger partial charge in [0.25, 0.3) is 5.91 Å². The van der Waals surface area contributed by atoms with Gasteiger partial charge in [-0.05, 0) is 31.4 Å². The lowest BCUT2D eigenvalue weighted by molar-refractivity contribution is -0.150. The van der Waals surface area contributed by atoms with Gasteiger partial charge in [-0.15, -0.1) is 0 Å². The SMILES string of the molecule is CC(Oc1ccccc1C#N)C(=O)N1CCC(C(=O)O)C(C)C1. The molecule has 0 aliphatic carbocycles. The molecule has 0 spiro atoms. The number of carbonyl (C=O) groups is 2. The minimum absolute atomic E-state index is 0.0937. The third-order valence-electron chi connectivity index (χ3n) is 4.19. The highest BCUT2D eigenvalue weighted by molar-refractivity contribution is 5.81. The number of rotatable bonds is 4. The number of ether oxygens (including phenoxy) is 1. The normalized spacial score (nSPS) is 22.0. The monoisotopic (exact) mass is 316 g/mol. The first-order valence-electron chi connectivity index (χ1n) is 7.61. The molecule has 0 bridgehead atoms. The Kier molecular flexibility index (Phi) is 5.22. The van der Waals surface area contributed by atoms with Crippen LogP contribution in [-0.2, 0) is 9.59 Å². The number of aliphatic carboxylic acids is 1. The number of likely N-dealkylation sites (tertiary alicyclic amines) is 1. The van der Waals surface area contributed by atoms with Crippen molar-refractivity contribution in [2.45, 2.75) is 26.4 Å². The van der Waals surface area contributed by atoms with Crippen LogP contribution < -0.4 is 4.74 Å². The number of hydrogen-bond donors (Lipinski definition) is 1. The van der Waals surface area contributed by atoms with E-state index in [2.05, 4.69) is 0 Å². The summed E-state index contributed by atoms with van der Waals surface area (Å²) in [5, 5.41) is 18.2. The summed E-state index contributed by atoms with van der Waals surface area (Å²) in [6.45, 7) is 4.30. The number of piperidine rings is 1. The summed E-state index contributed by atoms with van der Waals surface area (Å²) in [5.41, 5.74) is 0.380. The topological polar surface area (TPSA) is 90.6 Å². The molecule has 1 aliphatic heterocycles. The number of benzene rings is 1. The molecule has 1 N–H and O–H groups in total. The van der Waals surface area contributed by atoms with Crippen LogP contribution in [0.15, 0.2) is 24.3 Å². The van der Waals surface area contributed by atoms with Crippen LogP contribution >= 0.6 is 0 Å². The zero-order chi connectivity index (χ0) is 17.0. The second-order valence-electron chi connectivity index (χ2n) is 5.86. The van der Waals surface area contributed by atoms with E-state index in [1.807, 2.05) is 13.0 Å². The summed E-state index contributed by atoms with van der Waals surface area (Å²) in [5.74, 6) is -1.12. The largest absolute Gasteiger partial charge is 0.481 e. The van der Waals surface area contributed by atoms with Crippen molar-refractivity contribution in [3.05, 3.63) is 29.8 Å². The van der Waals surface area contributed by atoms with Crippen LogP contribution in [0.25, 0.3) is 0 Å². The molecular formula is C17H20N2O4. The third kappa shape index (κ3) is 3.81. The first kappa shape index (κ1) is 16.8. The average Bonchev–Trinajstić information content (AvgIpc) is 2.54. The molecular weight excluding hydrogens is 296 g/mol. The van der Waals surface area contributed by atoms with Gasteiger partial charge in [-0.3, -0.25) is 9.59 Å². The summed E-state index contributed by atoms with van der Waals surface area (Å²) in [7, 11) is 0. The Bertz CT molecular complexity index is 638. The van der Waals surface area contributed by atoms with Crippen LogP contribution in [0.5, 0.6) is 5.75 Å². The molecule has 1 aromatic rings. The molecule has 122 valence electrons. The van der Waals surface area contributed by atoms with E-state index in [4.69, 9.17) is 15.1 Å². The Balaban J connectivity index is 2.01. The zero-order valence-electron chi connectivity index (χ0n) is 13.2. The number of nitrogens with zero attached hydrogens (tertiary/aromatic N) is 2. The van der Waals surface area contributed by atoms with Crippen LogP contribution in [0.4, 0.5) is 0 Å². The smallest absolute Gasteiger partial charge is 0.306 e. The molecule has 1 aliphatic rings. The predicted octanol–water partition coefficient (Wildman–Crippen LogP) is 1.89. The lowest BCUT2D eigenvalue weighted by Gasteiger charge is -2.36. The maximum atomic E-state index is 12.5. The maximum absolute atomic E-state index is 12.5. The molecule has 2 rings (SSSR count). The Hall–Kier alpha value is -2.55. The van der Waals surface area contributed by atoms with Crippen molar-refractivity contribution >= 4 is 11.9 Å². The zero-order valence-corrected chi connectivity index (χ0v) is 13.2. The van der Waals surface area contributed by atoms with E-state index >= 15 is 0 Å². The van der Waals surface area contributed by atoms with Gasteiger partial charge in [0, 0.05) is 13.1 Å². The summed E-state index contributed by atoms with van der Waals surface area (Å²) in [6.07, 6.45) is -0.276. The van der Waals surface area contributed by atoms with Gasteiger partial charge in [0.15, 0.2) is 6.10 Å². The van der Waals surface area contributed by atoms with Gasteiger partial charge in [0.05, 0.1) is 11.5 Å². The number of nitriles is 1. The molecule has 1 fully saturated rings. The van der Waals surface area contributed by atoms with E-state index in [9.17, 15) is 9.59 Å². The van der Waals surface area contributed by atoms with Crippen LogP contribution in [0.1, 0.15) is 25.8 Å². The molecule has 1 aromatic carbocycles. The second kappa shape index (κ2) is 7.14. The molecule has 1 saturated heterocycles. The molecule has 0 aromatic heterocycles. The second-order valence-corrected chi connectivity index (χ2v) is 5.86. The van der Waals surface area contributed by atoms with E-state index < -0.39 is 18.0 Å². The molecule has 1 heterocycles. The highest BCUT2D eigenvalue weighted by Gasteiger charge is 2.34. The summed E-state index contributed by atoms with van der Waals surface area (Å²) in [6, 6.07) is 8.79. The minimum Gasteiger partial charge on any atom is -0.481 e. The highest BCUT2D eigenvalue weighted by Crippen LogP contribution is 2.25. The first-order valence-corrected chi connectivity index (χ1v) is 7.61. The number of amides is 1. The molecule has 1 amide bonds. The summed E-state index contributed by atoms with van der Waals surface area (Å²) < 4.78 is 5.63.